The number of benzene rings is 2. The smallest absolute Gasteiger partial charge is 0.137 e. The molecule has 0 aliphatic carbocycles. The van der Waals surface area contributed by atoms with Crippen LogP contribution in [0.4, 0.5) is 4.39 Å². The molecule has 0 aromatic heterocycles. The number of alkyl halides is 1. The number of phenols is 1. The van der Waals surface area contributed by atoms with Gasteiger partial charge in [0.25, 0.3) is 0 Å². The fraction of sp³-hybridized carbons (Fsp3) is 0.391. The maximum atomic E-state index is 12.4. The fourth-order valence-electron chi connectivity index (χ4n) is 3.96. The van der Waals surface area contributed by atoms with Crippen LogP contribution in [0.25, 0.3) is 5.57 Å². The van der Waals surface area contributed by atoms with Gasteiger partial charge in [-0.05, 0) is 36.6 Å². The van der Waals surface area contributed by atoms with Crippen molar-refractivity contribution in [3.05, 3.63) is 57.0 Å². The van der Waals surface area contributed by atoms with Gasteiger partial charge in [0, 0.05) is 47.7 Å². The van der Waals surface area contributed by atoms with E-state index in [0.717, 1.165) is 59.4 Å². The van der Waals surface area contributed by atoms with Gasteiger partial charge in [-0.25, -0.2) is 0 Å². The summed E-state index contributed by atoms with van der Waals surface area (Å²) in [5.74, 6) is 1.44. The average molecular weight is 497 g/mol. The van der Waals surface area contributed by atoms with Crippen molar-refractivity contribution in [3.63, 3.8) is 0 Å². The number of nitrogens with zero attached hydrogens (tertiary/aromatic N) is 1. The van der Waals surface area contributed by atoms with E-state index in [1.54, 1.807) is 12.1 Å². The van der Waals surface area contributed by atoms with E-state index in [9.17, 15) is 9.50 Å². The Hall–Kier alpha value is -1.76. The van der Waals surface area contributed by atoms with E-state index >= 15 is 0 Å². The Morgan fingerprint density at radius 1 is 1.27 bits per heavy atom. The second-order valence-corrected chi connectivity index (χ2v) is 8.94. The highest BCUT2D eigenvalue weighted by Crippen LogP contribution is 2.43. The molecule has 1 saturated heterocycles. The molecule has 0 bridgehead atoms. The van der Waals surface area contributed by atoms with Crippen molar-refractivity contribution in [1.29, 1.82) is 0 Å². The molecule has 2 aliphatic rings. The molecular formula is C23H24BrClFNO3. The highest BCUT2D eigenvalue weighted by atomic mass is 79.9. The average Bonchev–Trinajstić information content (AvgIpc) is 3.11. The number of likely N-dealkylation sites (tertiary alicyclic amines) is 1. The summed E-state index contributed by atoms with van der Waals surface area (Å²) in [6.45, 7) is 2.82. The Morgan fingerprint density at radius 2 is 2.07 bits per heavy atom. The van der Waals surface area contributed by atoms with Crippen molar-refractivity contribution < 1.29 is 19.0 Å². The molecule has 2 heterocycles. The quantitative estimate of drug-likeness (QED) is 0.549. The number of phenolic OH excluding ortho intramolecular Hbond substituents is 1. The monoisotopic (exact) mass is 495 g/mol. The van der Waals surface area contributed by atoms with Crippen LogP contribution in [0, 0.1) is 0 Å². The van der Waals surface area contributed by atoms with Crippen molar-refractivity contribution in [1.82, 2.24) is 4.90 Å². The summed E-state index contributed by atoms with van der Waals surface area (Å²) >= 11 is 9.88. The van der Waals surface area contributed by atoms with E-state index in [1.807, 2.05) is 24.3 Å². The summed E-state index contributed by atoms with van der Waals surface area (Å²) in [6.07, 6.45) is 2.39. The summed E-state index contributed by atoms with van der Waals surface area (Å²) in [4.78, 5) is 2.25. The highest BCUT2D eigenvalue weighted by Gasteiger charge is 2.24. The van der Waals surface area contributed by atoms with Crippen LogP contribution < -0.4 is 9.47 Å². The van der Waals surface area contributed by atoms with Gasteiger partial charge in [-0.1, -0.05) is 39.7 Å². The third-order valence-corrected chi connectivity index (χ3v) is 6.55. The maximum Gasteiger partial charge on any atom is 0.137 e. The zero-order valence-electron chi connectivity index (χ0n) is 16.5. The molecule has 2 aromatic rings. The van der Waals surface area contributed by atoms with E-state index < -0.39 is 0 Å². The number of rotatable bonds is 6. The van der Waals surface area contributed by atoms with Crippen LogP contribution >= 0.6 is 27.5 Å². The van der Waals surface area contributed by atoms with E-state index in [4.69, 9.17) is 21.1 Å². The highest BCUT2D eigenvalue weighted by molar-refractivity contribution is 9.11. The molecular weight excluding hydrogens is 473 g/mol. The molecule has 1 unspecified atom stereocenters. The van der Waals surface area contributed by atoms with Gasteiger partial charge in [-0.3, -0.25) is 9.29 Å². The van der Waals surface area contributed by atoms with Gasteiger partial charge in [0.05, 0.1) is 18.3 Å². The Bertz CT molecular complexity index is 935. The summed E-state index contributed by atoms with van der Waals surface area (Å²) in [7, 11) is 0. The molecule has 0 radical (unpaired) electrons. The van der Waals surface area contributed by atoms with E-state index in [1.165, 1.54) is 0 Å². The van der Waals surface area contributed by atoms with Crippen LogP contribution in [-0.4, -0.2) is 49.0 Å². The Kier molecular flexibility index (Phi) is 6.86. The van der Waals surface area contributed by atoms with Gasteiger partial charge >= 0.3 is 0 Å². The lowest BCUT2D eigenvalue weighted by molar-refractivity contribution is 0.198. The molecule has 0 saturated carbocycles. The maximum absolute atomic E-state index is 12.4. The fourth-order valence-corrected chi connectivity index (χ4v) is 4.73. The third-order valence-electron chi connectivity index (χ3n) is 5.45. The van der Waals surface area contributed by atoms with Crippen LogP contribution in [-0.2, 0) is 0 Å². The molecule has 0 amide bonds. The lowest BCUT2D eigenvalue weighted by atomic mass is 9.96. The molecule has 1 fully saturated rings. The van der Waals surface area contributed by atoms with E-state index in [0.29, 0.717) is 18.8 Å². The predicted octanol–water partition coefficient (Wildman–Crippen LogP) is 5.80. The van der Waals surface area contributed by atoms with E-state index in [2.05, 4.69) is 20.8 Å². The Balaban J connectivity index is 1.52. The molecule has 7 heteroatoms. The predicted molar refractivity (Wildman–Crippen MR) is 121 cm³/mol. The van der Waals surface area contributed by atoms with Gasteiger partial charge in [0.2, 0.25) is 0 Å². The lowest BCUT2D eigenvalue weighted by Gasteiger charge is -2.17. The summed E-state index contributed by atoms with van der Waals surface area (Å²) in [5, 5.41) is 10.2. The molecule has 4 nitrogen and oxygen atoms in total. The second kappa shape index (κ2) is 9.58. The van der Waals surface area contributed by atoms with Gasteiger partial charge in [0.1, 0.15) is 23.4 Å². The number of hydrogen-bond donors (Lipinski definition) is 1. The first-order valence-corrected chi connectivity index (χ1v) is 11.3. The number of hydrogen-bond acceptors (Lipinski definition) is 4. The van der Waals surface area contributed by atoms with Crippen LogP contribution in [0.3, 0.4) is 0 Å². The van der Waals surface area contributed by atoms with Crippen molar-refractivity contribution in [2.24, 2.45) is 0 Å². The first-order valence-electron chi connectivity index (χ1n) is 10.1. The zero-order chi connectivity index (χ0) is 21.1. The Morgan fingerprint density at radius 3 is 2.83 bits per heavy atom. The minimum Gasteiger partial charge on any atom is -0.506 e. The van der Waals surface area contributed by atoms with Crippen molar-refractivity contribution >= 4 is 33.1 Å². The van der Waals surface area contributed by atoms with Crippen molar-refractivity contribution in [3.8, 4) is 17.2 Å². The van der Waals surface area contributed by atoms with E-state index in [-0.39, 0.29) is 23.6 Å². The topological polar surface area (TPSA) is 41.9 Å². The third kappa shape index (κ3) is 4.76. The number of aromatic hydroxyl groups is 1. The molecule has 1 N–H and O–H groups in total. The molecule has 2 aliphatic heterocycles. The van der Waals surface area contributed by atoms with Crippen LogP contribution in [0.2, 0.25) is 5.02 Å². The largest absolute Gasteiger partial charge is 0.506 e. The molecule has 0 spiro atoms. The molecule has 1 atom stereocenters. The number of halogens is 3. The molecule has 2 aromatic carbocycles. The van der Waals surface area contributed by atoms with Gasteiger partial charge in [-0.15, -0.1) is 0 Å². The lowest BCUT2D eigenvalue weighted by Crippen LogP contribution is -2.26. The van der Waals surface area contributed by atoms with Crippen molar-refractivity contribution in [2.45, 2.75) is 25.4 Å². The first kappa shape index (κ1) is 21.5. The van der Waals surface area contributed by atoms with Crippen molar-refractivity contribution in [2.75, 3.05) is 32.9 Å². The minimum atomic E-state index is -0.270. The zero-order valence-corrected chi connectivity index (χ0v) is 18.9. The summed E-state index contributed by atoms with van der Waals surface area (Å²) in [5.41, 5.74) is 2.85. The number of fused-ring (bicyclic) bond motifs is 1. The summed E-state index contributed by atoms with van der Waals surface area (Å²) in [6, 6.07) is 11.3. The normalized spacial score (nSPS) is 19.4. The number of ether oxygens (including phenoxy) is 2. The molecule has 4 rings (SSSR count). The van der Waals surface area contributed by atoms with Gasteiger partial charge < -0.3 is 14.6 Å². The van der Waals surface area contributed by atoms with Crippen LogP contribution in [0.1, 0.15) is 30.4 Å². The van der Waals surface area contributed by atoms with Crippen LogP contribution in [0.5, 0.6) is 17.2 Å². The molecule has 160 valence electrons. The first-order chi connectivity index (χ1) is 14.5. The van der Waals surface area contributed by atoms with Crippen LogP contribution in [0.15, 0.2) is 40.9 Å². The van der Waals surface area contributed by atoms with Gasteiger partial charge in [0.15, 0.2) is 0 Å². The minimum absolute atomic E-state index is 0.00802. The SMILES string of the molecule is Oc1cc2c(cc1Cl)C(c1ccc(OC3CCN(CCCF)C3)cc1)=C(Br)CCO2. The second-order valence-electron chi connectivity index (χ2n) is 7.57. The standard InChI is InChI=1S/C23H24BrClFNO3/c24-19-7-11-29-22-13-21(28)20(25)12-18(22)23(19)15-2-4-16(5-3-15)30-17-6-10-27(14-17)9-1-8-26/h2-5,12-13,17,28H,1,6-11,14H2. The molecule has 30 heavy (non-hydrogen) atoms. The Labute approximate surface area is 189 Å². The van der Waals surface area contributed by atoms with Gasteiger partial charge in [-0.2, -0.15) is 0 Å². The summed E-state index contributed by atoms with van der Waals surface area (Å²) < 4.78 is 25.4.